The first-order valence-electron chi connectivity index (χ1n) is 5.66. The Bertz CT molecular complexity index is 423. The van der Waals surface area contributed by atoms with Crippen molar-refractivity contribution >= 4 is 11.9 Å². The molecule has 0 aliphatic rings. The van der Waals surface area contributed by atoms with E-state index in [0.717, 1.165) is 5.69 Å². The van der Waals surface area contributed by atoms with E-state index in [9.17, 15) is 4.79 Å². The summed E-state index contributed by atoms with van der Waals surface area (Å²) in [5.41, 5.74) is 0.814. The fraction of sp³-hybridized carbons (Fsp3) is 0.583. The molecule has 0 N–H and O–H groups in total. The number of hydrogen-bond donors (Lipinski definition) is 0. The second kappa shape index (κ2) is 6.18. The van der Waals surface area contributed by atoms with Crippen LogP contribution in [-0.2, 0) is 9.53 Å². The Kier molecular flexibility index (Phi) is 4.88. The molecule has 0 saturated heterocycles. The molecule has 0 radical (unpaired) electrons. The maximum Gasteiger partial charge on any atom is 0.310 e. The molecule has 1 aromatic rings. The van der Waals surface area contributed by atoms with Crippen LogP contribution in [0, 0.1) is 12.8 Å². The first kappa shape index (κ1) is 14.2. The Morgan fingerprint density at radius 1 is 1.44 bits per heavy atom. The molecule has 0 spiro atoms. The highest BCUT2D eigenvalue weighted by molar-refractivity contribution is 5.72. The van der Waals surface area contributed by atoms with Crippen LogP contribution >= 0.6 is 0 Å². The van der Waals surface area contributed by atoms with Gasteiger partial charge in [-0.15, -0.1) is 0 Å². The van der Waals surface area contributed by atoms with Gasteiger partial charge in [0.05, 0.1) is 20.1 Å². The standard InChI is InChI=1S/C12H19N3O3/c1-8(11(16)18-5)7-15(3)12-13-9(2)6-10(14-12)17-4/h6,8H,7H2,1-5H3. The lowest BCUT2D eigenvalue weighted by Crippen LogP contribution is -2.30. The molecular formula is C12H19N3O3. The quantitative estimate of drug-likeness (QED) is 0.730. The zero-order valence-electron chi connectivity index (χ0n) is 11.4. The molecule has 0 saturated carbocycles. The maximum absolute atomic E-state index is 11.4. The maximum atomic E-state index is 11.4. The summed E-state index contributed by atoms with van der Waals surface area (Å²) in [6.07, 6.45) is 0. The molecule has 1 rings (SSSR count). The van der Waals surface area contributed by atoms with Crippen molar-refractivity contribution in [1.82, 2.24) is 9.97 Å². The predicted octanol–water partition coefficient (Wildman–Crippen LogP) is 1.04. The summed E-state index contributed by atoms with van der Waals surface area (Å²) >= 11 is 0. The molecule has 0 fully saturated rings. The minimum atomic E-state index is -0.249. The molecule has 0 aliphatic heterocycles. The van der Waals surface area contributed by atoms with Crippen LogP contribution in [0.3, 0.4) is 0 Å². The molecule has 1 heterocycles. The van der Waals surface area contributed by atoms with Crippen molar-refractivity contribution in [2.24, 2.45) is 5.92 Å². The van der Waals surface area contributed by atoms with E-state index < -0.39 is 0 Å². The molecule has 1 aromatic heterocycles. The summed E-state index contributed by atoms with van der Waals surface area (Å²) in [6, 6.07) is 1.75. The van der Waals surface area contributed by atoms with Gasteiger partial charge in [0.15, 0.2) is 0 Å². The van der Waals surface area contributed by atoms with Crippen LogP contribution in [0.2, 0.25) is 0 Å². The molecule has 6 nitrogen and oxygen atoms in total. The molecule has 0 bridgehead atoms. The summed E-state index contributed by atoms with van der Waals surface area (Å²) in [7, 11) is 4.77. The van der Waals surface area contributed by atoms with E-state index in [-0.39, 0.29) is 11.9 Å². The highest BCUT2D eigenvalue weighted by Crippen LogP contribution is 2.15. The van der Waals surface area contributed by atoms with Crippen LogP contribution in [0.15, 0.2) is 6.07 Å². The topological polar surface area (TPSA) is 64.5 Å². The van der Waals surface area contributed by atoms with Gasteiger partial charge in [-0.25, -0.2) is 4.98 Å². The average molecular weight is 253 g/mol. The first-order chi connectivity index (χ1) is 8.47. The lowest BCUT2D eigenvalue weighted by molar-refractivity contribution is -0.144. The minimum Gasteiger partial charge on any atom is -0.481 e. The number of carbonyl (C=O) groups is 1. The molecule has 0 aromatic carbocycles. The molecule has 1 atom stereocenters. The fourth-order valence-corrected chi connectivity index (χ4v) is 1.57. The third-order valence-electron chi connectivity index (χ3n) is 2.52. The number of methoxy groups -OCH3 is 2. The van der Waals surface area contributed by atoms with Gasteiger partial charge in [-0.05, 0) is 6.92 Å². The second-order valence-corrected chi connectivity index (χ2v) is 4.16. The molecule has 1 unspecified atom stereocenters. The summed E-state index contributed by atoms with van der Waals surface area (Å²) in [5, 5.41) is 0. The average Bonchev–Trinajstić information content (AvgIpc) is 2.36. The van der Waals surface area contributed by atoms with Gasteiger partial charge in [0.1, 0.15) is 0 Å². The molecule has 18 heavy (non-hydrogen) atoms. The van der Waals surface area contributed by atoms with Gasteiger partial charge in [-0.2, -0.15) is 4.98 Å². The van der Waals surface area contributed by atoms with Gasteiger partial charge in [0, 0.05) is 25.4 Å². The Morgan fingerprint density at radius 3 is 2.67 bits per heavy atom. The van der Waals surface area contributed by atoms with E-state index in [4.69, 9.17) is 4.74 Å². The zero-order valence-corrected chi connectivity index (χ0v) is 11.4. The Morgan fingerprint density at radius 2 is 2.11 bits per heavy atom. The van der Waals surface area contributed by atoms with Crippen molar-refractivity contribution in [2.45, 2.75) is 13.8 Å². The Hall–Kier alpha value is -1.85. The van der Waals surface area contributed by atoms with Crippen molar-refractivity contribution in [2.75, 3.05) is 32.7 Å². The first-order valence-corrected chi connectivity index (χ1v) is 5.66. The van der Waals surface area contributed by atoms with E-state index >= 15 is 0 Å². The number of rotatable bonds is 5. The van der Waals surface area contributed by atoms with Gasteiger partial charge in [0.25, 0.3) is 0 Å². The van der Waals surface area contributed by atoms with Gasteiger partial charge in [-0.1, -0.05) is 6.92 Å². The van der Waals surface area contributed by atoms with Crippen molar-refractivity contribution in [3.63, 3.8) is 0 Å². The Balaban J connectivity index is 2.80. The number of carbonyl (C=O) groups excluding carboxylic acids is 1. The van der Waals surface area contributed by atoms with E-state index in [0.29, 0.717) is 18.4 Å². The van der Waals surface area contributed by atoms with E-state index in [1.54, 1.807) is 25.0 Å². The Labute approximate surface area is 107 Å². The predicted molar refractivity (Wildman–Crippen MR) is 67.8 cm³/mol. The highest BCUT2D eigenvalue weighted by atomic mass is 16.5. The van der Waals surface area contributed by atoms with Crippen molar-refractivity contribution < 1.29 is 14.3 Å². The number of aryl methyl sites for hydroxylation is 1. The molecule has 0 amide bonds. The number of nitrogens with zero attached hydrogens (tertiary/aromatic N) is 3. The summed E-state index contributed by atoms with van der Waals surface area (Å²) in [4.78, 5) is 21.7. The summed E-state index contributed by atoms with van der Waals surface area (Å²) in [6.45, 7) is 4.15. The van der Waals surface area contributed by atoms with Crippen molar-refractivity contribution in [3.8, 4) is 5.88 Å². The summed E-state index contributed by atoms with van der Waals surface area (Å²) in [5.74, 6) is 0.550. The minimum absolute atomic E-state index is 0.241. The van der Waals surface area contributed by atoms with Crippen LogP contribution in [0.25, 0.3) is 0 Å². The van der Waals surface area contributed by atoms with Crippen LogP contribution in [0.5, 0.6) is 5.88 Å². The van der Waals surface area contributed by atoms with Gasteiger partial charge >= 0.3 is 5.97 Å². The number of anilines is 1. The van der Waals surface area contributed by atoms with Gasteiger partial charge in [0.2, 0.25) is 11.8 Å². The van der Waals surface area contributed by atoms with Gasteiger partial charge in [-0.3, -0.25) is 4.79 Å². The summed E-state index contributed by atoms with van der Waals surface area (Å²) < 4.78 is 9.78. The van der Waals surface area contributed by atoms with Crippen LogP contribution in [-0.4, -0.2) is 43.7 Å². The second-order valence-electron chi connectivity index (χ2n) is 4.16. The van der Waals surface area contributed by atoms with Crippen LogP contribution in [0.4, 0.5) is 5.95 Å². The molecular weight excluding hydrogens is 234 g/mol. The lowest BCUT2D eigenvalue weighted by atomic mass is 10.2. The monoisotopic (exact) mass is 253 g/mol. The van der Waals surface area contributed by atoms with Crippen LogP contribution in [0.1, 0.15) is 12.6 Å². The SMILES string of the molecule is COC(=O)C(C)CN(C)c1nc(C)cc(OC)n1. The molecule has 0 aliphatic carbocycles. The fourth-order valence-electron chi connectivity index (χ4n) is 1.57. The molecule has 6 heteroatoms. The zero-order chi connectivity index (χ0) is 13.7. The number of esters is 1. The molecule has 100 valence electrons. The smallest absolute Gasteiger partial charge is 0.310 e. The van der Waals surface area contributed by atoms with E-state index in [2.05, 4.69) is 14.7 Å². The normalized spacial score (nSPS) is 11.8. The largest absolute Gasteiger partial charge is 0.481 e. The van der Waals surface area contributed by atoms with Gasteiger partial charge < -0.3 is 14.4 Å². The van der Waals surface area contributed by atoms with Crippen molar-refractivity contribution in [3.05, 3.63) is 11.8 Å². The highest BCUT2D eigenvalue weighted by Gasteiger charge is 2.17. The van der Waals surface area contributed by atoms with Crippen molar-refractivity contribution in [1.29, 1.82) is 0 Å². The van der Waals surface area contributed by atoms with Crippen LogP contribution < -0.4 is 9.64 Å². The van der Waals surface area contributed by atoms with E-state index in [1.807, 2.05) is 14.0 Å². The lowest BCUT2D eigenvalue weighted by Gasteiger charge is -2.20. The number of ether oxygens (including phenoxy) is 2. The number of aromatic nitrogens is 2. The number of hydrogen-bond acceptors (Lipinski definition) is 6. The third kappa shape index (κ3) is 3.58. The third-order valence-corrected chi connectivity index (χ3v) is 2.52. The van der Waals surface area contributed by atoms with E-state index in [1.165, 1.54) is 7.11 Å².